The van der Waals surface area contributed by atoms with Gasteiger partial charge in [0.25, 0.3) is 0 Å². The average molecular weight is 861 g/mol. The molecule has 8 rings (SSSR count). The van der Waals surface area contributed by atoms with E-state index >= 15 is 0 Å². The minimum Gasteiger partial charge on any atom is -0.491 e. The molecule has 2 saturated heterocycles. The number of hydrogen-bond donors (Lipinski definition) is 3. The topological polar surface area (TPSA) is 158 Å². The van der Waals surface area contributed by atoms with Crippen LogP contribution >= 0.6 is 0 Å². The molecule has 0 unspecified atom stereocenters. The Balaban J connectivity index is 0.697. The van der Waals surface area contributed by atoms with Gasteiger partial charge in [0, 0.05) is 66.0 Å². The number of hydrogen-bond acceptors (Lipinski definition) is 11. The molecule has 4 atom stereocenters. The van der Waals surface area contributed by atoms with Crippen LogP contribution in [0.3, 0.4) is 0 Å². The Morgan fingerprint density at radius 2 is 1.60 bits per heavy atom. The van der Waals surface area contributed by atoms with Crippen LogP contribution in [0.2, 0.25) is 0 Å². The summed E-state index contributed by atoms with van der Waals surface area (Å²) in [5.74, 6) is 2.91. The van der Waals surface area contributed by atoms with E-state index in [1.807, 2.05) is 72.4 Å². The van der Waals surface area contributed by atoms with Crippen LogP contribution in [0.25, 0.3) is 27.5 Å². The fourth-order valence-corrected chi connectivity index (χ4v) is 9.51. The molecule has 4 N–H and O–H groups in total. The van der Waals surface area contributed by atoms with Gasteiger partial charge in [-0.3, -0.25) is 14.2 Å². The molecule has 2 aromatic carbocycles. The predicted octanol–water partition coefficient (Wildman–Crippen LogP) is 5.79. The lowest BCUT2D eigenvalue weighted by atomic mass is 9.83. The first-order chi connectivity index (χ1) is 30.8. The molecule has 3 fully saturated rings. The number of pyridine rings is 2. The number of anilines is 1. The third-order valence-corrected chi connectivity index (χ3v) is 13.3. The number of aromatic nitrogens is 3. The van der Waals surface area contributed by atoms with E-state index in [0.717, 1.165) is 110 Å². The van der Waals surface area contributed by atoms with Crippen molar-refractivity contribution < 1.29 is 28.5 Å². The number of nitrogens with one attached hydrogen (secondary N) is 2. The second-order valence-corrected chi connectivity index (χ2v) is 17.3. The second kappa shape index (κ2) is 21.4. The summed E-state index contributed by atoms with van der Waals surface area (Å²) in [6.45, 7) is 8.17. The first-order valence-electron chi connectivity index (χ1n) is 23.0. The first-order valence-corrected chi connectivity index (χ1v) is 23.0. The molecular weight excluding hydrogens is 797 g/mol. The van der Waals surface area contributed by atoms with E-state index in [0.29, 0.717) is 51.4 Å². The Bertz CT molecular complexity index is 2280. The molecule has 1 aliphatic carbocycles. The van der Waals surface area contributed by atoms with Gasteiger partial charge < -0.3 is 45.1 Å². The van der Waals surface area contributed by atoms with Crippen LogP contribution in [0, 0.1) is 11.8 Å². The van der Waals surface area contributed by atoms with Gasteiger partial charge in [0.2, 0.25) is 17.7 Å². The van der Waals surface area contributed by atoms with Gasteiger partial charge in [-0.15, -0.1) is 0 Å². The number of likely N-dealkylation sites (N-methyl/N-ethyl adjacent to an activating group) is 1. The number of ether oxygens (including phenoxy) is 4. The van der Waals surface area contributed by atoms with Gasteiger partial charge in [0.1, 0.15) is 30.8 Å². The lowest BCUT2D eigenvalue weighted by Crippen LogP contribution is -2.58. The normalized spacial score (nSPS) is 19.2. The summed E-state index contributed by atoms with van der Waals surface area (Å²) in [6, 6.07) is 19.5. The Morgan fingerprint density at radius 1 is 0.841 bits per heavy atom. The van der Waals surface area contributed by atoms with Gasteiger partial charge in [0.15, 0.2) is 0 Å². The van der Waals surface area contributed by atoms with E-state index < -0.39 is 6.04 Å². The summed E-state index contributed by atoms with van der Waals surface area (Å²) in [5, 5.41) is 9.17. The minimum absolute atomic E-state index is 0.0903. The number of benzene rings is 2. The third kappa shape index (κ3) is 11.1. The molecule has 0 bridgehead atoms. The Morgan fingerprint density at radius 3 is 2.40 bits per heavy atom. The highest BCUT2D eigenvalue weighted by Crippen LogP contribution is 2.35. The van der Waals surface area contributed by atoms with Gasteiger partial charge >= 0.3 is 0 Å². The SMILES string of the molecule is CN[C@@H](C)C(=O)N[C@H](C(=O)N1CC[C@H]2CCN(CCc3ccc(OCCOCCOCCOc4cc5ccn(-c6cc7c(N)cccc7cn6)c5cn4)cc3)C[C@H]21)C1CCCCC1. The maximum absolute atomic E-state index is 14.2. The summed E-state index contributed by atoms with van der Waals surface area (Å²) >= 11 is 0. The molecule has 3 aromatic heterocycles. The van der Waals surface area contributed by atoms with Gasteiger partial charge in [-0.2, -0.15) is 0 Å². The zero-order valence-electron chi connectivity index (χ0n) is 36.9. The molecular formula is C49H64N8O6. The number of amides is 2. The monoisotopic (exact) mass is 860 g/mol. The summed E-state index contributed by atoms with van der Waals surface area (Å²) < 4.78 is 25.2. The van der Waals surface area contributed by atoms with Crippen molar-refractivity contribution in [1.29, 1.82) is 0 Å². The van der Waals surface area contributed by atoms with Gasteiger partial charge in [-0.25, -0.2) is 9.97 Å². The van der Waals surface area contributed by atoms with Crippen molar-refractivity contribution in [1.82, 2.24) is 35.0 Å². The van der Waals surface area contributed by atoms with Crippen LogP contribution in [0.5, 0.6) is 11.6 Å². The summed E-state index contributed by atoms with van der Waals surface area (Å²) in [7, 11) is 1.78. The maximum Gasteiger partial charge on any atom is 0.245 e. The number of nitrogens with two attached hydrogens (primary N) is 1. The van der Waals surface area contributed by atoms with E-state index in [1.54, 1.807) is 13.2 Å². The maximum atomic E-state index is 14.2. The molecule has 5 heterocycles. The number of rotatable bonds is 20. The van der Waals surface area contributed by atoms with Crippen LogP contribution in [0.4, 0.5) is 5.69 Å². The Labute approximate surface area is 370 Å². The number of fused-ring (bicyclic) bond motifs is 3. The quantitative estimate of drug-likeness (QED) is 0.0644. The molecule has 2 aliphatic heterocycles. The highest BCUT2D eigenvalue weighted by Gasteiger charge is 2.44. The van der Waals surface area contributed by atoms with Crippen LogP contribution in [-0.2, 0) is 25.5 Å². The molecule has 0 radical (unpaired) electrons. The van der Waals surface area contributed by atoms with E-state index in [-0.39, 0.29) is 29.8 Å². The lowest BCUT2D eigenvalue weighted by molar-refractivity contribution is -0.140. The van der Waals surface area contributed by atoms with Crippen LogP contribution in [0.15, 0.2) is 79.3 Å². The molecule has 5 aromatic rings. The average Bonchev–Trinajstić information content (AvgIpc) is 3.95. The number of piperidine rings is 1. The van der Waals surface area contributed by atoms with Crippen molar-refractivity contribution in [2.75, 3.05) is 78.6 Å². The highest BCUT2D eigenvalue weighted by atomic mass is 16.6. The van der Waals surface area contributed by atoms with Crippen LogP contribution < -0.4 is 25.8 Å². The summed E-state index contributed by atoms with van der Waals surface area (Å²) in [6.07, 6.45) is 14.2. The minimum atomic E-state index is -0.434. The van der Waals surface area contributed by atoms with E-state index in [9.17, 15) is 9.59 Å². The molecule has 14 nitrogen and oxygen atoms in total. The fraction of sp³-hybridized carbons (Fsp3) is 0.510. The second-order valence-electron chi connectivity index (χ2n) is 17.3. The summed E-state index contributed by atoms with van der Waals surface area (Å²) in [4.78, 5) is 40.9. The van der Waals surface area contributed by atoms with Crippen molar-refractivity contribution in [3.63, 3.8) is 0 Å². The number of nitrogen functional groups attached to an aromatic ring is 1. The molecule has 336 valence electrons. The molecule has 3 aliphatic rings. The van der Waals surface area contributed by atoms with E-state index in [4.69, 9.17) is 24.7 Å². The largest absolute Gasteiger partial charge is 0.491 e. The highest BCUT2D eigenvalue weighted by molar-refractivity contribution is 5.94. The third-order valence-electron chi connectivity index (χ3n) is 13.3. The zero-order valence-corrected chi connectivity index (χ0v) is 36.9. The number of nitrogens with zero attached hydrogens (tertiary/aromatic N) is 5. The smallest absolute Gasteiger partial charge is 0.245 e. The zero-order chi connectivity index (χ0) is 43.5. The van der Waals surface area contributed by atoms with Gasteiger partial charge in [-0.1, -0.05) is 43.5 Å². The standard InChI is InChI=1S/C49H64N8O6/c1-34(51-2)48(58)54-47(37-7-4-3-5-8-37)49(59)57-22-17-36-16-20-55(33-44(36)57)19-15-35-11-13-40(14-12-35)62-27-25-60-23-24-61-26-28-63-46-29-38-18-21-56(43(38)32-53-46)45-30-41-39(31-52-45)9-6-10-42(41)50/h6,9-14,18,21,29-32,34,36-37,44,47,51H,3-5,7-8,15-17,19-20,22-28,33,50H2,1-2H3,(H,54,58)/t34-,36+,44+,47-/m0/s1. The number of carbonyl (C=O) groups excluding carboxylic acids is 2. The van der Waals surface area contributed by atoms with Crippen molar-refractivity contribution in [3.8, 4) is 17.4 Å². The lowest BCUT2D eigenvalue weighted by Gasteiger charge is -2.41. The molecule has 14 heteroatoms. The van der Waals surface area contributed by atoms with E-state index in [1.165, 1.54) is 12.0 Å². The molecule has 1 saturated carbocycles. The first kappa shape index (κ1) is 44.3. The van der Waals surface area contributed by atoms with Crippen LogP contribution in [0.1, 0.15) is 57.4 Å². The predicted molar refractivity (Wildman–Crippen MR) is 245 cm³/mol. The van der Waals surface area contributed by atoms with Crippen molar-refractivity contribution in [2.24, 2.45) is 11.8 Å². The molecule has 63 heavy (non-hydrogen) atoms. The number of carbonyl (C=O) groups is 2. The Hall–Kier alpha value is -5.28. The molecule has 0 spiro atoms. The number of likely N-dealkylation sites (tertiary alicyclic amines) is 2. The van der Waals surface area contributed by atoms with E-state index in [2.05, 4.69) is 42.5 Å². The molecule has 2 amide bonds. The van der Waals surface area contributed by atoms with Crippen molar-refractivity contribution in [3.05, 3.63) is 84.8 Å². The summed E-state index contributed by atoms with van der Waals surface area (Å²) in [5.41, 5.74) is 9.11. The van der Waals surface area contributed by atoms with Gasteiger partial charge in [0.05, 0.1) is 44.2 Å². The van der Waals surface area contributed by atoms with Gasteiger partial charge in [-0.05, 0) is 100 Å². The Kier molecular flexibility index (Phi) is 15.1. The van der Waals surface area contributed by atoms with Crippen molar-refractivity contribution >= 4 is 39.2 Å². The van der Waals surface area contributed by atoms with Crippen LogP contribution in [-0.4, -0.2) is 127 Å². The fourth-order valence-electron chi connectivity index (χ4n) is 9.51. The van der Waals surface area contributed by atoms with Crippen molar-refractivity contribution in [2.45, 2.75) is 76.4 Å².